The standard InChI is InChI=1S/C20H24N4O2/c1-15-17(20(26)22-10-12-24-11-4-8-19(24)25)6-2-7-18(15)23-14-16-5-3-9-21-13-16/h2-3,5-7,9,13,23H,4,8,10-12,14H2,1H3,(H,22,26). The van der Waals surface area contributed by atoms with Crippen molar-refractivity contribution in [1.82, 2.24) is 15.2 Å². The Bertz CT molecular complexity index is 777. The zero-order valence-corrected chi connectivity index (χ0v) is 15.0. The van der Waals surface area contributed by atoms with Crippen LogP contribution in [0.25, 0.3) is 0 Å². The number of hydrogen-bond donors (Lipinski definition) is 2. The van der Waals surface area contributed by atoms with Gasteiger partial charge in [0.15, 0.2) is 0 Å². The first-order valence-electron chi connectivity index (χ1n) is 8.93. The van der Waals surface area contributed by atoms with Gasteiger partial charge in [0.05, 0.1) is 0 Å². The molecule has 3 rings (SSSR count). The molecule has 2 amide bonds. The Balaban J connectivity index is 1.57. The molecule has 1 saturated heterocycles. The van der Waals surface area contributed by atoms with E-state index in [0.29, 0.717) is 31.6 Å². The van der Waals surface area contributed by atoms with Gasteiger partial charge in [-0.1, -0.05) is 12.1 Å². The normalized spacial score (nSPS) is 13.7. The maximum absolute atomic E-state index is 12.5. The molecule has 6 heteroatoms. The lowest BCUT2D eigenvalue weighted by molar-refractivity contribution is -0.127. The predicted octanol–water partition coefficient (Wildman–Crippen LogP) is 2.35. The minimum absolute atomic E-state index is 0.112. The number of rotatable bonds is 7. The van der Waals surface area contributed by atoms with E-state index in [-0.39, 0.29) is 11.8 Å². The first-order chi connectivity index (χ1) is 12.6. The average Bonchev–Trinajstić information content (AvgIpc) is 3.06. The fourth-order valence-electron chi connectivity index (χ4n) is 3.11. The summed E-state index contributed by atoms with van der Waals surface area (Å²) in [5.74, 6) is 0.0659. The van der Waals surface area contributed by atoms with Crippen molar-refractivity contribution in [2.45, 2.75) is 26.3 Å². The average molecular weight is 352 g/mol. The SMILES string of the molecule is Cc1c(NCc2cccnc2)cccc1C(=O)NCCN1CCCC1=O. The van der Waals surface area contributed by atoms with Crippen molar-refractivity contribution in [3.8, 4) is 0 Å². The third-order valence-electron chi connectivity index (χ3n) is 4.62. The van der Waals surface area contributed by atoms with Crippen molar-refractivity contribution in [2.75, 3.05) is 25.0 Å². The number of aromatic nitrogens is 1. The number of amides is 2. The van der Waals surface area contributed by atoms with Gasteiger partial charge >= 0.3 is 0 Å². The van der Waals surface area contributed by atoms with Gasteiger partial charge in [-0.2, -0.15) is 0 Å². The van der Waals surface area contributed by atoms with Gasteiger partial charge in [-0.3, -0.25) is 14.6 Å². The minimum Gasteiger partial charge on any atom is -0.381 e. The smallest absolute Gasteiger partial charge is 0.251 e. The summed E-state index contributed by atoms with van der Waals surface area (Å²) in [6, 6.07) is 9.56. The summed E-state index contributed by atoms with van der Waals surface area (Å²) >= 11 is 0. The van der Waals surface area contributed by atoms with E-state index in [1.165, 1.54) is 0 Å². The highest BCUT2D eigenvalue weighted by Crippen LogP contribution is 2.19. The van der Waals surface area contributed by atoms with E-state index < -0.39 is 0 Å². The molecule has 0 unspecified atom stereocenters. The number of nitrogens with one attached hydrogen (secondary N) is 2. The molecule has 2 heterocycles. The fourth-order valence-corrected chi connectivity index (χ4v) is 3.11. The van der Waals surface area contributed by atoms with E-state index in [9.17, 15) is 9.59 Å². The maximum atomic E-state index is 12.5. The van der Waals surface area contributed by atoms with Crippen molar-refractivity contribution in [3.05, 3.63) is 59.4 Å². The molecule has 0 radical (unpaired) electrons. The van der Waals surface area contributed by atoms with E-state index in [0.717, 1.165) is 29.8 Å². The summed E-state index contributed by atoms with van der Waals surface area (Å²) in [6.45, 7) is 4.42. The molecule has 1 aliphatic rings. The van der Waals surface area contributed by atoms with Crippen molar-refractivity contribution in [2.24, 2.45) is 0 Å². The van der Waals surface area contributed by atoms with Crippen molar-refractivity contribution < 1.29 is 9.59 Å². The summed E-state index contributed by atoms with van der Waals surface area (Å²) in [6.07, 6.45) is 5.10. The van der Waals surface area contributed by atoms with Crippen LogP contribution in [0.3, 0.4) is 0 Å². The molecule has 0 aliphatic carbocycles. The van der Waals surface area contributed by atoms with Crippen molar-refractivity contribution in [3.63, 3.8) is 0 Å². The molecular weight excluding hydrogens is 328 g/mol. The lowest BCUT2D eigenvalue weighted by Gasteiger charge is -2.17. The molecule has 1 aromatic carbocycles. The van der Waals surface area contributed by atoms with Crippen LogP contribution in [0, 0.1) is 6.92 Å². The lowest BCUT2D eigenvalue weighted by atomic mass is 10.1. The van der Waals surface area contributed by atoms with Crippen LogP contribution in [0.4, 0.5) is 5.69 Å². The van der Waals surface area contributed by atoms with Crippen LogP contribution < -0.4 is 10.6 Å². The van der Waals surface area contributed by atoms with Crippen LogP contribution in [-0.2, 0) is 11.3 Å². The summed E-state index contributed by atoms with van der Waals surface area (Å²) < 4.78 is 0. The number of pyridine rings is 1. The molecule has 0 spiro atoms. The monoisotopic (exact) mass is 352 g/mol. The van der Waals surface area contributed by atoms with Gasteiger partial charge in [-0.15, -0.1) is 0 Å². The summed E-state index contributed by atoms with van der Waals surface area (Å²) in [4.78, 5) is 30.0. The molecule has 1 aromatic heterocycles. The largest absolute Gasteiger partial charge is 0.381 e. The molecule has 0 saturated carbocycles. The number of benzene rings is 1. The Kier molecular flexibility index (Phi) is 5.84. The number of likely N-dealkylation sites (tertiary alicyclic amines) is 1. The first-order valence-corrected chi connectivity index (χ1v) is 8.93. The van der Waals surface area contributed by atoms with E-state index in [1.807, 2.05) is 43.5 Å². The van der Waals surface area contributed by atoms with Gasteiger partial charge in [0.2, 0.25) is 5.91 Å². The van der Waals surface area contributed by atoms with Gasteiger partial charge in [0, 0.05) is 56.2 Å². The second kappa shape index (κ2) is 8.47. The highest BCUT2D eigenvalue weighted by molar-refractivity contribution is 5.97. The van der Waals surface area contributed by atoms with Gasteiger partial charge in [-0.05, 0) is 42.7 Å². The predicted molar refractivity (Wildman–Crippen MR) is 101 cm³/mol. The molecule has 26 heavy (non-hydrogen) atoms. The topological polar surface area (TPSA) is 74.3 Å². The highest BCUT2D eigenvalue weighted by atomic mass is 16.2. The van der Waals surface area contributed by atoms with Crippen LogP contribution in [-0.4, -0.2) is 41.3 Å². The zero-order chi connectivity index (χ0) is 18.4. The Morgan fingerprint density at radius 2 is 2.15 bits per heavy atom. The third kappa shape index (κ3) is 4.39. The molecule has 1 fully saturated rings. The Labute approximate surface area is 153 Å². The number of hydrogen-bond acceptors (Lipinski definition) is 4. The first kappa shape index (κ1) is 17.9. The maximum Gasteiger partial charge on any atom is 0.251 e. The number of nitrogens with zero attached hydrogens (tertiary/aromatic N) is 2. The summed E-state index contributed by atoms with van der Waals surface area (Å²) in [5.41, 5.74) is 3.56. The number of carbonyl (C=O) groups is 2. The van der Waals surface area contributed by atoms with Crippen molar-refractivity contribution >= 4 is 17.5 Å². The van der Waals surface area contributed by atoms with E-state index in [1.54, 1.807) is 11.1 Å². The molecule has 1 aliphatic heterocycles. The Morgan fingerprint density at radius 1 is 1.27 bits per heavy atom. The second-order valence-electron chi connectivity index (χ2n) is 6.43. The van der Waals surface area contributed by atoms with E-state index >= 15 is 0 Å². The van der Waals surface area contributed by atoms with Crippen molar-refractivity contribution in [1.29, 1.82) is 0 Å². The molecule has 6 nitrogen and oxygen atoms in total. The zero-order valence-electron chi connectivity index (χ0n) is 15.0. The second-order valence-corrected chi connectivity index (χ2v) is 6.43. The van der Waals surface area contributed by atoms with Gasteiger partial charge in [0.1, 0.15) is 0 Å². The Hall–Kier alpha value is -2.89. The lowest BCUT2D eigenvalue weighted by Crippen LogP contribution is -2.35. The van der Waals surface area contributed by atoms with Crippen LogP contribution in [0.5, 0.6) is 0 Å². The van der Waals surface area contributed by atoms with Crippen LogP contribution in [0.15, 0.2) is 42.7 Å². The third-order valence-corrected chi connectivity index (χ3v) is 4.62. The molecule has 0 bridgehead atoms. The molecule has 136 valence electrons. The van der Waals surface area contributed by atoms with Gasteiger partial charge in [0.25, 0.3) is 5.91 Å². The fraction of sp³-hybridized carbons (Fsp3) is 0.350. The van der Waals surface area contributed by atoms with Crippen LogP contribution in [0.2, 0.25) is 0 Å². The minimum atomic E-state index is -0.112. The van der Waals surface area contributed by atoms with Crippen LogP contribution in [0.1, 0.15) is 34.3 Å². The van der Waals surface area contributed by atoms with Crippen LogP contribution >= 0.6 is 0 Å². The molecule has 2 aromatic rings. The highest BCUT2D eigenvalue weighted by Gasteiger charge is 2.19. The molecule has 2 N–H and O–H groups in total. The summed E-state index contributed by atoms with van der Waals surface area (Å²) in [5, 5.41) is 6.28. The van der Waals surface area contributed by atoms with Gasteiger partial charge in [-0.25, -0.2) is 0 Å². The molecule has 0 atom stereocenters. The number of anilines is 1. The van der Waals surface area contributed by atoms with Gasteiger partial charge < -0.3 is 15.5 Å². The number of carbonyl (C=O) groups excluding carboxylic acids is 2. The summed E-state index contributed by atoms with van der Waals surface area (Å²) in [7, 11) is 0. The van der Waals surface area contributed by atoms with E-state index in [4.69, 9.17) is 0 Å². The van der Waals surface area contributed by atoms with E-state index in [2.05, 4.69) is 15.6 Å². The molecular formula is C20H24N4O2. The quantitative estimate of drug-likeness (QED) is 0.802. The Morgan fingerprint density at radius 3 is 2.88 bits per heavy atom.